The number of methoxy groups -OCH3 is 2. The Bertz CT molecular complexity index is 1070. The molecule has 4 rings (SSSR count). The molecule has 1 aromatic heterocycles. The fraction of sp³-hybridized carbons (Fsp3) is 0.292. The number of esters is 1. The van der Waals surface area contributed by atoms with Crippen LogP contribution in [0.1, 0.15) is 41.3 Å². The van der Waals surface area contributed by atoms with E-state index in [4.69, 9.17) is 19.6 Å². The van der Waals surface area contributed by atoms with E-state index in [9.17, 15) is 4.79 Å². The lowest BCUT2D eigenvalue weighted by Crippen LogP contribution is -2.07. The van der Waals surface area contributed by atoms with Crippen LogP contribution in [0, 0.1) is 0 Å². The molecule has 160 valence electrons. The number of benzene rings is 2. The predicted octanol–water partition coefficient (Wildman–Crippen LogP) is 4.66. The number of aromatic nitrogens is 3. The monoisotopic (exact) mass is 435 g/mol. The van der Waals surface area contributed by atoms with Crippen molar-refractivity contribution in [2.75, 3.05) is 14.2 Å². The van der Waals surface area contributed by atoms with Crippen LogP contribution in [0.2, 0.25) is 0 Å². The van der Waals surface area contributed by atoms with Gasteiger partial charge in [-0.05, 0) is 29.5 Å². The molecular formula is C24H25N3O3S. The number of hydrogen-bond donors (Lipinski definition) is 0. The maximum Gasteiger partial charge on any atom is 0.341 e. The van der Waals surface area contributed by atoms with Crippen molar-refractivity contribution < 1.29 is 14.3 Å². The van der Waals surface area contributed by atoms with Crippen molar-refractivity contribution in [2.45, 2.75) is 36.2 Å². The summed E-state index contributed by atoms with van der Waals surface area (Å²) in [6.07, 6.45) is 3.75. The van der Waals surface area contributed by atoms with Gasteiger partial charge < -0.3 is 9.47 Å². The Balaban J connectivity index is 1.58. The fourth-order valence-corrected chi connectivity index (χ4v) is 4.27. The molecule has 1 saturated carbocycles. The summed E-state index contributed by atoms with van der Waals surface area (Å²) in [5.74, 6) is 1.63. The number of thioether (sulfide) groups is 1. The normalized spacial score (nSPS) is 13.8. The molecule has 1 aliphatic carbocycles. The Labute approximate surface area is 186 Å². The largest absolute Gasteiger partial charge is 0.503 e. The van der Waals surface area contributed by atoms with Gasteiger partial charge >= 0.3 is 5.97 Å². The number of nitrogens with zero attached hydrogens (tertiary/aromatic N) is 3. The minimum absolute atomic E-state index is 0.394. The van der Waals surface area contributed by atoms with Crippen LogP contribution in [-0.2, 0) is 26.6 Å². The quantitative estimate of drug-likeness (QED) is 0.211. The van der Waals surface area contributed by atoms with Gasteiger partial charge in [-0.3, -0.25) is 0 Å². The highest BCUT2D eigenvalue weighted by Gasteiger charge is 2.29. The molecule has 1 heterocycles. The molecule has 0 amide bonds. The molecule has 1 aliphatic rings. The van der Waals surface area contributed by atoms with E-state index < -0.39 is 5.97 Å². The summed E-state index contributed by atoms with van der Waals surface area (Å²) in [5, 5.41) is 5.67. The summed E-state index contributed by atoms with van der Waals surface area (Å²) in [6.45, 7) is 0.682. The number of carbonyl (C=O) groups is 1. The van der Waals surface area contributed by atoms with Crippen molar-refractivity contribution >= 4 is 23.3 Å². The highest BCUT2D eigenvalue weighted by atomic mass is 32.2. The number of carbonyl (C=O) groups excluding carboxylic acids is 1. The smallest absolute Gasteiger partial charge is 0.341 e. The standard InChI is InChI=1S/C24H25N3O3S/c1-29-15-21(23(28)30-2)20-11-7-6-10-19(20)16-31-24-25-22(18-12-13-18)26-27(24)14-17-8-4-3-5-9-17/h3-11,15,18H,12-14,16H2,1-2H3/b21-15-. The van der Waals surface area contributed by atoms with Crippen LogP contribution in [-0.4, -0.2) is 35.0 Å². The highest BCUT2D eigenvalue weighted by molar-refractivity contribution is 7.98. The predicted molar refractivity (Wildman–Crippen MR) is 121 cm³/mol. The molecule has 0 radical (unpaired) electrons. The van der Waals surface area contributed by atoms with Crippen LogP contribution >= 0.6 is 11.8 Å². The third kappa shape index (κ3) is 5.17. The van der Waals surface area contributed by atoms with Crippen LogP contribution in [0.4, 0.5) is 0 Å². The van der Waals surface area contributed by atoms with Crippen molar-refractivity contribution in [3.63, 3.8) is 0 Å². The molecular weight excluding hydrogens is 410 g/mol. The van der Waals surface area contributed by atoms with Crippen LogP contribution < -0.4 is 0 Å². The van der Waals surface area contributed by atoms with Crippen molar-refractivity contribution in [1.82, 2.24) is 14.8 Å². The molecule has 6 nitrogen and oxygen atoms in total. The molecule has 0 N–H and O–H groups in total. The van der Waals surface area contributed by atoms with E-state index in [1.165, 1.54) is 26.0 Å². The maximum atomic E-state index is 12.3. The van der Waals surface area contributed by atoms with Crippen LogP contribution in [0.25, 0.3) is 5.57 Å². The average molecular weight is 436 g/mol. The van der Waals surface area contributed by atoms with Crippen LogP contribution in [0.5, 0.6) is 0 Å². The Kier molecular flexibility index (Phi) is 6.72. The molecule has 7 heteroatoms. The Morgan fingerprint density at radius 1 is 1.13 bits per heavy atom. The topological polar surface area (TPSA) is 66.2 Å². The van der Waals surface area contributed by atoms with E-state index in [-0.39, 0.29) is 0 Å². The second-order valence-electron chi connectivity index (χ2n) is 7.37. The number of hydrogen-bond acceptors (Lipinski definition) is 6. The van der Waals surface area contributed by atoms with Gasteiger partial charge in [0.1, 0.15) is 5.57 Å². The van der Waals surface area contributed by atoms with Gasteiger partial charge in [0.2, 0.25) is 0 Å². The molecule has 0 spiro atoms. The number of ether oxygens (including phenoxy) is 2. The van der Waals surface area contributed by atoms with Gasteiger partial charge in [-0.1, -0.05) is 66.4 Å². The van der Waals surface area contributed by atoms with Crippen molar-refractivity contribution in [3.05, 3.63) is 83.4 Å². The first-order chi connectivity index (χ1) is 15.2. The van der Waals surface area contributed by atoms with Gasteiger partial charge in [-0.2, -0.15) is 5.10 Å². The van der Waals surface area contributed by atoms with Crippen LogP contribution in [0.3, 0.4) is 0 Å². The second-order valence-corrected chi connectivity index (χ2v) is 8.32. The lowest BCUT2D eigenvalue weighted by atomic mass is 10.0. The molecule has 0 aliphatic heterocycles. The van der Waals surface area contributed by atoms with E-state index in [1.807, 2.05) is 47.1 Å². The van der Waals surface area contributed by atoms with Gasteiger partial charge in [0.05, 0.1) is 27.0 Å². The highest BCUT2D eigenvalue weighted by Crippen LogP contribution is 2.39. The van der Waals surface area contributed by atoms with Crippen molar-refractivity contribution in [1.29, 1.82) is 0 Å². The molecule has 3 aromatic rings. The summed E-state index contributed by atoms with van der Waals surface area (Å²) in [7, 11) is 2.89. The summed E-state index contributed by atoms with van der Waals surface area (Å²) in [4.78, 5) is 17.1. The second kappa shape index (κ2) is 9.83. The minimum atomic E-state index is -0.428. The van der Waals surface area contributed by atoms with E-state index in [0.29, 0.717) is 23.8 Å². The summed E-state index contributed by atoms with van der Waals surface area (Å²) in [6, 6.07) is 18.1. The van der Waals surface area contributed by atoms with Crippen molar-refractivity contribution in [2.24, 2.45) is 0 Å². The van der Waals surface area contributed by atoms with E-state index in [1.54, 1.807) is 11.8 Å². The Hall–Kier alpha value is -3.06. The summed E-state index contributed by atoms with van der Waals surface area (Å²) < 4.78 is 12.1. The molecule has 0 bridgehead atoms. The van der Waals surface area contributed by atoms with Gasteiger partial charge in [0.15, 0.2) is 11.0 Å². The van der Waals surface area contributed by atoms with Crippen molar-refractivity contribution in [3.8, 4) is 0 Å². The van der Waals surface area contributed by atoms with E-state index >= 15 is 0 Å². The maximum absolute atomic E-state index is 12.3. The molecule has 1 fully saturated rings. The first-order valence-electron chi connectivity index (χ1n) is 10.2. The van der Waals surface area contributed by atoms with Crippen LogP contribution in [0.15, 0.2) is 66.0 Å². The number of rotatable bonds is 9. The lowest BCUT2D eigenvalue weighted by Gasteiger charge is -2.11. The van der Waals surface area contributed by atoms with E-state index in [2.05, 4.69) is 12.1 Å². The zero-order valence-corrected chi connectivity index (χ0v) is 18.5. The molecule has 2 aromatic carbocycles. The fourth-order valence-electron chi connectivity index (χ4n) is 3.33. The molecule has 0 unspecified atom stereocenters. The zero-order chi connectivity index (χ0) is 21.6. The molecule has 0 atom stereocenters. The Morgan fingerprint density at radius 3 is 2.58 bits per heavy atom. The van der Waals surface area contributed by atoms with Gasteiger partial charge in [-0.15, -0.1) is 0 Å². The summed E-state index contributed by atoms with van der Waals surface area (Å²) >= 11 is 1.62. The third-order valence-corrected chi connectivity index (χ3v) is 6.09. The lowest BCUT2D eigenvalue weighted by molar-refractivity contribution is -0.133. The van der Waals surface area contributed by atoms with Gasteiger partial charge in [0, 0.05) is 11.7 Å². The molecule has 31 heavy (non-hydrogen) atoms. The Morgan fingerprint density at radius 2 is 1.87 bits per heavy atom. The average Bonchev–Trinajstić information content (AvgIpc) is 3.58. The van der Waals surface area contributed by atoms with Gasteiger partial charge in [0.25, 0.3) is 0 Å². The van der Waals surface area contributed by atoms with Gasteiger partial charge in [-0.25, -0.2) is 14.5 Å². The van der Waals surface area contributed by atoms with E-state index in [0.717, 1.165) is 34.9 Å². The molecule has 0 saturated heterocycles. The first-order valence-corrected chi connectivity index (χ1v) is 11.2. The zero-order valence-electron chi connectivity index (χ0n) is 17.7. The minimum Gasteiger partial charge on any atom is -0.503 e. The SMILES string of the molecule is CO/C=C(\C(=O)OC)c1ccccc1CSc1nc(C2CC2)nn1Cc1ccccc1. The first kappa shape index (κ1) is 21.2. The third-order valence-electron chi connectivity index (χ3n) is 5.08. The summed E-state index contributed by atoms with van der Waals surface area (Å²) in [5.41, 5.74) is 3.38.